The lowest BCUT2D eigenvalue weighted by atomic mass is 10.1. The van der Waals surface area contributed by atoms with Gasteiger partial charge in [0.1, 0.15) is 23.6 Å². The van der Waals surface area contributed by atoms with Gasteiger partial charge < -0.3 is 5.11 Å². The van der Waals surface area contributed by atoms with E-state index in [0.717, 1.165) is 4.68 Å². The Kier molecular flexibility index (Phi) is 4.90. The SMILES string of the molecule is CCn1nc(C(F)(F)F)c2c1C(F)(F)[C@@H]1C[C@H]21.O=C(O)Cn1nc(C(F)F)c2c1C(F)(F)[C@@H]1C[C@H]21. The Balaban J connectivity index is 0.000000145. The quantitative estimate of drug-likeness (QED) is 0.564. The molecule has 0 saturated heterocycles. The van der Waals surface area contributed by atoms with Crippen LogP contribution in [0.4, 0.5) is 39.5 Å². The van der Waals surface area contributed by atoms with Crippen molar-refractivity contribution in [3.8, 4) is 0 Å². The van der Waals surface area contributed by atoms with Gasteiger partial charge in [-0.2, -0.15) is 40.9 Å². The van der Waals surface area contributed by atoms with Crippen LogP contribution in [0.3, 0.4) is 0 Å². The van der Waals surface area contributed by atoms with Crippen molar-refractivity contribution in [2.45, 2.75) is 69.1 Å². The summed E-state index contributed by atoms with van der Waals surface area (Å²) in [6, 6.07) is 0. The van der Waals surface area contributed by atoms with Crippen LogP contribution in [-0.2, 0) is 35.9 Å². The molecular formula is C20H17F9N4O2. The molecule has 2 fully saturated rings. The number of hydrogen-bond acceptors (Lipinski definition) is 3. The summed E-state index contributed by atoms with van der Waals surface area (Å²) in [5, 5.41) is 15.3. The van der Waals surface area contributed by atoms with Crippen LogP contribution in [0.25, 0.3) is 0 Å². The van der Waals surface area contributed by atoms with Crippen LogP contribution in [0.1, 0.15) is 71.9 Å². The lowest BCUT2D eigenvalue weighted by molar-refractivity contribution is -0.142. The molecule has 0 aliphatic heterocycles. The van der Waals surface area contributed by atoms with Crippen LogP contribution in [0.15, 0.2) is 0 Å². The summed E-state index contributed by atoms with van der Waals surface area (Å²) >= 11 is 0. The Labute approximate surface area is 190 Å². The first-order chi connectivity index (χ1) is 16.1. The number of fused-ring (bicyclic) bond motifs is 6. The maximum absolute atomic E-state index is 13.9. The van der Waals surface area contributed by atoms with Gasteiger partial charge in [0.05, 0.1) is 0 Å². The van der Waals surface area contributed by atoms with E-state index in [1.807, 2.05) is 0 Å². The second kappa shape index (κ2) is 7.15. The van der Waals surface area contributed by atoms with Crippen molar-refractivity contribution in [2.75, 3.05) is 0 Å². The van der Waals surface area contributed by atoms with Crippen molar-refractivity contribution < 1.29 is 49.4 Å². The van der Waals surface area contributed by atoms with E-state index in [0.29, 0.717) is 4.68 Å². The zero-order valence-corrected chi connectivity index (χ0v) is 17.8. The maximum Gasteiger partial charge on any atom is 0.435 e. The lowest BCUT2D eigenvalue weighted by Gasteiger charge is -2.14. The number of carboxylic acid groups (broad SMARTS) is 1. The summed E-state index contributed by atoms with van der Waals surface area (Å²) in [5.41, 5.74) is -3.39. The molecule has 6 rings (SSSR count). The number of carboxylic acids is 1. The molecule has 15 heteroatoms. The van der Waals surface area contributed by atoms with E-state index < -0.39 is 83.4 Å². The van der Waals surface area contributed by atoms with E-state index in [1.54, 1.807) is 0 Å². The second-order valence-corrected chi connectivity index (χ2v) is 9.07. The molecular weight excluding hydrogens is 499 g/mol. The Morgan fingerprint density at radius 2 is 1.51 bits per heavy atom. The zero-order chi connectivity index (χ0) is 25.8. The van der Waals surface area contributed by atoms with Gasteiger partial charge in [0, 0.05) is 29.5 Å². The number of aromatic nitrogens is 4. The fraction of sp³-hybridized carbons (Fsp3) is 0.650. The summed E-state index contributed by atoms with van der Waals surface area (Å²) in [5.74, 6) is -11.0. The van der Waals surface area contributed by atoms with Gasteiger partial charge in [-0.25, -0.2) is 8.78 Å². The van der Waals surface area contributed by atoms with Crippen molar-refractivity contribution in [3.05, 3.63) is 33.9 Å². The van der Waals surface area contributed by atoms with Crippen LogP contribution in [0, 0.1) is 11.8 Å². The molecule has 1 N–H and O–H groups in total. The molecule has 6 nitrogen and oxygen atoms in total. The Hall–Kier alpha value is -2.74. The lowest BCUT2D eigenvalue weighted by Crippen LogP contribution is -2.22. The Morgan fingerprint density at radius 3 is 1.97 bits per heavy atom. The maximum atomic E-state index is 13.9. The second-order valence-electron chi connectivity index (χ2n) is 9.07. The van der Waals surface area contributed by atoms with Crippen LogP contribution in [0.5, 0.6) is 0 Å². The standard InChI is InChI=1S/C10H9F5N2.C10H8F4N2O2/c1-2-17-8-6(7(16-17)10(13,14)15)4-3-5(4)9(8,11)12;11-9(12)7-6-3-1-4(3)10(13,14)8(6)16(15-7)2-5(17)18/h4-5H,2-3H2,1H3;3-4,9H,1-2H2,(H,17,18)/t4-,5+;3-,4+/m00/s1. The van der Waals surface area contributed by atoms with Gasteiger partial charge in [0.25, 0.3) is 18.3 Å². The molecule has 2 aromatic rings. The predicted octanol–water partition coefficient (Wildman–Crippen LogP) is 5.24. The summed E-state index contributed by atoms with van der Waals surface area (Å²) in [7, 11) is 0. The third-order valence-electron chi connectivity index (χ3n) is 6.95. The minimum Gasteiger partial charge on any atom is -0.480 e. The number of nitrogens with zero attached hydrogens (tertiary/aromatic N) is 4. The van der Waals surface area contributed by atoms with Gasteiger partial charge in [-0.3, -0.25) is 14.2 Å². The molecule has 4 atom stereocenters. The van der Waals surface area contributed by atoms with Crippen LogP contribution < -0.4 is 0 Å². The van der Waals surface area contributed by atoms with Gasteiger partial charge in [-0.05, 0) is 31.6 Å². The molecule has 2 saturated carbocycles. The molecule has 4 aliphatic rings. The normalized spacial score (nSPS) is 28.1. The van der Waals surface area contributed by atoms with Crippen LogP contribution in [0.2, 0.25) is 0 Å². The minimum atomic E-state index is -4.65. The average Bonchev–Trinajstić information content (AvgIpc) is 3.58. The first-order valence-electron chi connectivity index (χ1n) is 10.7. The first kappa shape index (κ1) is 24.0. The molecule has 2 aromatic heterocycles. The first-order valence-corrected chi connectivity index (χ1v) is 10.7. The van der Waals surface area contributed by atoms with E-state index in [9.17, 15) is 44.3 Å². The van der Waals surface area contributed by atoms with Gasteiger partial charge >= 0.3 is 12.1 Å². The summed E-state index contributed by atoms with van der Waals surface area (Å²) in [4.78, 5) is 10.6. The van der Waals surface area contributed by atoms with Gasteiger partial charge in [-0.1, -0.05) is 0 Å². The Morgan fingerprint density at radius 1 is 1.00 bits per heavy atom. The van der Waals surface area contributed by atoms with Gasteiger partial charge in [-0.15, -0.1) is 0 Å². The van der Waals surface area contributed by atoms with Crippen LogP contribution >= 0.6 is 0 Å². The highest BCUT2D eigenvalue weighted by molar-refractivity contribution is 5.67. The highest BCUT2D eigenvalue weighted by Gasteiger charge is 2.68. The van der Waals surface area contributed by atoms with E-state index in [-0.39, 0.29) is 30.5 Å². The number of halogens is 9. The monoisotopic (exact) mass is 516 g/mol. The van der Waals surface area contributed by atoms with E-state index >= 15 is 0 Å². The molecule has 0 unspecified atom stereocenters. The minimum absolute atomic E-state index is 0.0213. The van der Waals surface area contributed by atoms with Crippen molar-refractivity contribution in [2.24, 2.45) is 11.8 Å². The summed E-state index contributed by atoms with van der Waals surface area (Å²) < 4.78 is 120. The summed E-state index contributed by atoms with van der Waals surface area (Å²) in [6.07, 6.45) is -7.32. The molecule has 2 heterocycles. The molecule has 0 radical (unpaired) electrons. The average molecular weight is 516 g/mol. The number of carbonyl (C=O) groups is 1. The van der Waals surface area contributed by atoms with Crippen molar-refractivity contribution >= 4 is 5.97 Å². The predicted molar refractivity (Wildman–Crippen MR) is 97.2 cm³/mol. The number of rotatable bonds is 4. The van der Waals surface area contributed by atoms with E-state index in [2.05, 4.69) is 10.2 Å². The number of aliphatic carboxylic acids is 1. The molecule has 0 spiro atoms. The van der Waals surface area contributed by atoms with Crippen molar-refractivity contribution in [1.82, 2.24) is 19.6 Å². The van der Waals surface area contributed by atoms with Gasteiger partial charge in [0.2, 0.25) is 0 Å². The summed E-state index contributed by atoms with van der Waals surface area (Å²) in [6.45, 7) is 0.699. The molecule has 0 amide bonds. The molecule has 4 aliphatic carbocycles. The fourth-order valence-electron chi connectivity index (χ4n) is 5.41. The number of aryl methyl sites for hydroxylation is 1. The zero-order valence-electron chi connectivity index (χ0n) is 17.8. The highest BCUT2D eigenvalue weighted by atomic mass is 19.4. The van der Waals surface area contributed by atoms with Crippen molar-refractivity contribution in [1.29, 1.82) is 0 Å². The van der Waals surface area contributed by atoms with Crippen LogP contribution in [-0.4, -0.2) is 30.6 Å². The third kappa shape index (κ3) is 3.36. The van der Waals surface area contributed by atoms with Crippen molar-refractivity contribution in [3.63, 3.8) is 0 Å². The third-order valence-corrected chi connectivity index (χ3v) is 6.95. The fourth-order valence-corrected chi connectivity index (χ4v) is 5.41. The van der Waals surface area contributed by atoms with E-state index in [4.69, 9.17) is 5.11 Å². The molecule has 192 valence electrons. The van der Waals surface area contributed by atoms with E-state index in [1.165, 1.54) is 6.92 Å². The largest absolute Gasteiger partial charge is 0.480 e. The highest BCUT2D eigenvalue weighted by Crippen LogP contribution is 2.69. The van der Waals surface area contributed by atoms with Gasteiger partial charge in [0.15, 0.2) is 5.69 Å². The molecule has 0 bridgehead atoms. The number of alkyl halides is 9. The smallest absolute Gasteiger partial charge is 0.435 e. The molecule has 0 aromatic carbocycles. The topological polar surface area (TPSA) is 72.9 Å². The number of hydrogen-bond donors (Lipinski definition) is 1. The molecule has 35 heavy (non-hydrogen) atoms. The Bertz CT molecular complexity index is 1220.